The molecular formula is C102H66B2N2. The number of para-hydroxylation sites is 4. The quantitative estimate of drug-likeness (QED) is 0.0995. The number of nitrogens with zero attached hydrogens (tertiary/aromatic N) is 2. The Labute approximate surface area is 618 Å². The van der Waals surface area contributed by atoms with E-state index in [1.807, 2.05) is 0 Å². The second-order valence-electron chi connectivity index (χ2n) is 29.4. The predicted molar refractivity (Wildman–Crippen MR) is 453 cm³/mol. The third-order valence-electron chi connectivity index (χ3n) is 23.4. The van der Waals surface area contributed by atoms with E-state index in [1.54, 1.807) is 0 Å². The zero-order chi connectivity index (χ0) is 69.8. The number of aryl methyl sites for hydroxylation is 2. The molecule has 18 aromatic carbocycles. The third kappa shape index (κ3) is 9.01. The van der Waals surface area contributed by atoms with Crippen LogP contribution in [0.25, 0.3) is 144 Å². The van der Waals surface area contributed by atoms with Gasteiger partial charge in [-0.3, -0.25) is 0 Å². The van der Waals surface area contributed by atoms with Gasteiger partial charge in [0.05, 0.1) is 0 Å². The molecule has 0 aliphatic carbocycles. The average Bonchev–Trinajstić information content (AvgIpc) is 0.661. The molecule has 0 spiro atoms. The second kappa shape index (κ2) is 23.6. The van der Waals surface area contributed by atoms with E-state index in [9.17, 15) is 0 Å². The summed E-state index contributed by atoms with van der Waals surface area (Å²) in [7, 11) is 0. The zero-order valence-electron chi connectivity index (χ0n) is 58.7. The molecule has 490 valence electrons. The molecule has 0 aromatic heterocycles. The summed E-state index contributed by atoms with van der Waals surface area (Å²) in [4.78, 5) is 5.11. The van der Waals surface area contributed by atoms with Crippen LogP contribution in [0.4, 0.5) is 34.1 Å². The molecule has 22 rings (SSSR count). The monoisotopic (exact) mass is 1340 g/mol. The maximum absolute atomic E-state index is 2.73. The van der Waals surface area contributed by atoms with Crippen molar-refractivity contribution in [2.75, 3.05) is 9.80 Å². The minimum absolute atomic E-state index is 0.140. The minimum atomic E-state index is -0.140. The van der Waals surface area contributed by atoms with Crippen molar-refractivity contribution >= 4 is 113 Å². The van der Waals surface area contributed by atoms with Gasteiger partial charge in [-0.25, -0.2) is 0 Å². The molecule has 0 saturated heterocycles. The minimum Gasteiger partial charge on any atom is -0.311 e. The number of rotatable bonds is 10. The molecule has 2 nitrogen and oxygen atoms in total. The standard InChI is InChI=1S/C102H66B2N2/c1-63-51-85-81-59-79(95-75(67-35-15-5-16-36-67)55-71(65-31-11-3-12-32-65)56-76(95)68-37-17-6-18-38-68)83-62-90-98-82(86-52-64(2)54-94-102(86)104(90)88-48-28-30-50-92(88)106(94)74-45-25-10-26-46-74)60-80(96-77(69-39-19-7-20-40-69)57-72(66-33-13-4-14-34-66)58-78(96)70-41-21-8-22-42-70)84-61-89(97(81)99(83)100(84)98)103-87-47-27-29-49-91(87)105(93(53-63)101(85)103)73-43-23-9-24-44-73/h3-62H,1-2H3. The van der Waals surface area contributed by atoms with E-state index in [-0.39, 0.29) is 13.4 Å². The van der Waals surface area contributed by atoms with E-state index in [0.29, 0.717) is 0 Å². The Hall–Kier alpha value is -13.3. The number of anilines is 6. The van der Waals surface area contributed by atoms with Gasteiger partial charge in [-0.05, 0) is 275 Å². The molecular weight excluding hydrogens is 1270 g/mol. The van der Waals surface area contributed by atoms with E-state index in [1.165, 1.54) is 210 Å². The molecule has 0 unspecified atom stereocenters. The maximum atomic E-state index is 2.73. The maximum Gasteiger partial charge on any atom is 0.248 e. The molecule has 0 amide bonds. The summed E-state index contributed by atoms with van der Waals surface area (Å²) in [5.41, 5.74) is 41.5. The van der Waals surface area contributed by atoms with Gasteiger partial charge in [0.1, 0.15) is 0 Å². The third-order valence-corrected chi connectivity index (χ3v) is 23.4. The topological polar surface area (TPSA) is 6.48 Å². The predicted octanol–water partition coefficient (Wildman–Crippen LogP) is 23.1. The molecule has 4 aliphatic heterocycles. The number of fused-ring (bicyclic) bond motifs is 8. The molecule has 0 saturated carbocycles. The lowest BCUT2D eigenvalue weighted by Gasteiger charge is -2.42. The SMILES string of the molecule is Cc1cc2c3c(c1)N(c1ccccc1)c1ccccc1B3c1cc3c(-c4c(-c5ccccc5)cc(-c5ccccc5)cc4-c4ccccc4)cc4c5c(cc6c(-c7c(-c8ccccc8)cc(-c8ccccc8)cc7-c7ccccc7)cc-2c1c6c35)B1c2ccccc2N(c2ccccc2)c2cc(C)cc-4c21. The fourth-order valence-electron chi connectivity index (χ4n) is 19.2. The first-order valence-corrected chi connectivity index (χ1v) is 37.2. The van der Waals surface area contributed by atoms with E-state index in [2.05, 4.69) is 388 Å². The highest BCUT2D eigenvalue weighted by Gasteiger charge is 2.46. The van der Waals surface area contributed by atoms with Gasteiger partial charge in [-0.15, -0.1) is 0 Å². The molecule has 4 heteroatoms. The average molecular weight is 1340 g/mol. The molecule has 0 bridgehead atoms. The summed E-state index contributed by atoms with van der Waals surface area (Å²) < 4.78 is 0. The van der Waals surface area contributed by atoms with E-state index >= 15 is 0 Å². The van der Waals surface area contributed by atoms with Crippen LogP contribution in [0.1, 0.15) is 11.1 Å². The summed E-state index contributed by atoms with van der Waals surface area (Å²) in [6.45, 7) is 4.35. The Morgan fingerprint density at radius 3 is 0.821 bits per heavy atom. The van der Waals surface area contributed by atoms with Crippen LogP contribution in [-0.4, -0.2) is 13.4 Å². The van der Waals surface area contributed by atoms with Gasteiger partial charge >= 0.3 is 0 Å². The molecule has 0 N–H and O–H groups in total. The summed E-state index contributed by atoms with van der Waals surface area (Å²) in [5, 5.41) is 7.74. The highest BCUT2D eigenvalue weighted by Crippen LogP contribution is 2.57. The lowest BCUT2D eigenvalue weighted by Crippen LogP contribution is -2.60. The Bertz CT molecular complexity index is 6100. The van der Waals surface area contributed by atoms with E-state index in [4.69, 9.17) is 0 Å². The molecule has 4 heterocycles. The van der Waals surface area contributed by atoms with Crippen molar-refractivity contribution in [1.82, 2.24) is 0 Å². The van der Waals surface area contributed by atoms with Gasteiger partial charge in [0.15, 0.2) is 0 Å². The van der Waals surface area contributed by atoms with E-state index < -0.39 is 0 Å². The first-order chi connectivity index (χ1) is 52.5. The Balaban J connectivity index is 0.998. The Kier molecular flexibility index (Phi) is 13.5. The molecule has 18 aromatic rings. The van der Waals surface area contributed by atoms with Gasteiger partial charge < -0.3 is 9.80 Å². The second-order valence-corrected chi connectivity index (χ2v) is 29.4. The molecule has 106 heavy (non-hydrogen) atoms. The van der Waals surface area contributed by atoms with Crippen LogP contribution in [0.3, 0.4) is 0 Å². The van der Waals surface area contributed by atoms with Crippen LogP contribution in [0.2, 0.25) is 0 Å². The van der Waals surface area contributed by atoms with Crippen molar-refractivity contribution in [3.8, 4) is 111 Å². The highest BCUT2D eigenvalue weighted by molar-refractivity contribution is 7.02. The van der Waals surface area contributed by atoms with Gasteiger partial charge in [-0.2, -0.15) is 0 Å². The number of hydrogen-bond donors (Lipinski definition) is 0. The summed E-state index contributed by atoms with van der Waals surface area (Å²) in [6.07, 6.45) is 0. The molecule has 4 aliphatic rings. The van der Waals surface area contributed by atoms with Crippen LogP contribution in [0, 0.1) is 13.8 Å². The highest BCUT2D eigenvalue weighted by atomic mass is 15.2. The van der Waals surface area contributed by atoms with E-state index in [0.717, 1.165) is 11.4 Å². The Morgan fingerprint density at radius 1 is 0.198 bits per heavy atom. The lowest BCUT2D eigenvalue weighted by atomic mass is 9.31. The fraction of sp³-hybridized carbons (Fsp3) is 0.0196. The Morgan fingerprint density at radius 2 is 0.491 bits per heavy atom. The van der Waals surface area contributed by atoms with Crippen molar-refractivity contribution in [3.05, 3.63) is 375 Å². The first-order valence-electron chi connectivity index (χ1n) is 37.2. The van der Waals surface area contributed by atoms with Crippen molar-refractivity contribution in [2.24, 2.45) is 0 Å². The molecule has 0 radical (unpaired) electrons. The normalized spacial score (nSPS) is 12.7. The summed E-state index contributed by atoms with van der Waals surface area (Å²) >= 11 is 0. The van der Waals surface area contributed by atoms with Crippen LogP contribution in [-0.2, 0) is 0 Å². The van der Waals surface area contributed by atoms with Gasteiger partial charge in [0, 0.05) is 34.1 Å². The van der Waals surface area contributed by atoms with Crippen molar-refractivity contribution in [3.63, 3.8) is 0 Å². The number of hydrogen-bond acceptors (Lipinski definition) is 2. The van der Waals surface area contributed by atoms with Crippen molar-refractivity contribution in [2.45, 2.75) is 13.8 Å². The summed E-state index contributed by atoms with van der Waals surface area (Å²) in [6, 6.07) is 139. The molecule has 0 fully saturated rings. The van der Waals surface area contributed by atoms with Crippen LogP contribution in [0.5, 0.6) is 0 Å². The zero-order valence-corrected chi connectivity index (χ0v) is 58.7. The van der Waals surface area contributed by atoms with Gasteiger partial charge in [0.2, 0.25) is 13.4 Å². The van der Waals surface area contributed by atoms with Crippen LogP contribution in [0.15, 0.2) is 364 Å². The van der Waals surface area contributed by atoms with Crippen LogP contribution >= 0.6 is 0 Å². The van der Waals surface area contributed by atoms with Gasteiger partial charge in [0.25, 0.3) is 0 Å². The van der Waals surface area contributed by atoms with Crippen molar-refractivity contribution in [1.29, 1.82) is 0 Å². The van der Waals surface area contributed by atoms with Gasteiger partial charge in [-0.1, -0.05) is 290 Å². The molecule has 0 atom stereocenters. The van der Waals surface area contributed by atoms with Crippen LogP contribution < -0.4 is 42.6 Å². The lowest BCUT2D eigenvalue weighted by molar-refractivity contribution is 1.28. The summed E-state index contributed by atoms with van der Waals surface area (Å²) in [5.74, 6) is 0. The number of benzene rings is 18. The van der Waals surface area contributed by atoms with Crippen molar-refractivity contribution < 1.29 is 0 Å². The first kappa shape index (κ1) is 60.3. The largest absolute Gasteiger partial charge is 0.311 e. The smallest absolute Gasteiger partial charge is 0.248 e. The fourth-order valence-corrected chi connectivity index (χ4v) is 19.2.